The highest BCUT2D eigenvalue weighted by molar-refractivity contribution is 5.43. The van der Waals surface area contributed by atoms with E-state index in [2.05, 4.69) is 25.1 Å². The molecule has 112 valence electrons. The summed E-state index contributed by atoms with van der Waals surface area (Å²) in [7, 11) is 0. The fraction of sp³-hybridized carbons (Fsp3) is 0.333. The lowest BCUT2D eigenvalue weighted by molar-refractivity contribution is 0.297. The number of nitrogens with two attached hydrogens (primary N) is 2. The topological polar surface area (TPSA) is 61.3 Å². The molecule has 0 saturated heterocycles. The minimum atomic E-state index is -0.187. The first kappa shape index (κ1) is 15.5. The van der Waals surface area contributed by atoms with Gasteiger partial charge in [-0.3, -0.25) is 0 Å². The van der Waals surface area contributed by atoms with Crippen LogP contribution in [0.2, 0.25) is 0 Å². The van der Waals surface area contributed by atoms with E-state index in [1.54, 1.807) is 0 Å². The number of hydrogen-bond donors (Lipinski definition) is 2. The van der Waals surface area contributed by atoms with Gasteiger partial charge < -0.3 is 16.2 Å². The maximum absolute atomic E-state index is 6.12. The molecule has 0 spiro atoms. The molecule has 0 aromatic heterocycles. The van der Waals surface area contributed by atoms with Crippen molar-refractivity contribution in [2.75, 3.05) is 6.54 Å². The molecule has 0 bridgehead atoms. The lowest BCUT2D eigenvalue weighted by atomic mass is 10.00. The average Bonchev–Trinajstić information content (AvgIpc) is 2.54. The van der Waals surface area contributed by atoms with Gasteiger partial charge in [-0.15, -0.1) is 0 Å². The molecule has 1 unspecified atom stereocenters. The van der Waals surface area contributed by atoms with Gasteiger partial charge in [-0.2, -0.15) is 0 Å². The Labute approximate surface area is 126 Å². The molecule has 3 nitrogen and oxygen atoms in total. The maximum Gasteiger partial charge on any atom is 0.127 e. The van der Waals surface area contributed by atoms with Crippen LogP contribution in [-0.4, -0.2) is 6.54 Å². The van der Waals surface area contributed by atoms with E-state index in [-0.39, 0.29) is 6.04 Å². The number of benzene rings is 2. The van der Waals surface area contributed by atoms with Crippen molar-refractivity contribution in [3.63, 3.8) is 0 Å². The fourth-order valence-corrected chi connectivity index (χ4v) is 2.40. The van der Waals surface area contributed by atoms with Gasteiger partial charge in [0.05, 0.1) is 0 Å². The molecular formula is C18H24N2O. The molecule has 0 radical (unpaired) electrons. The predicted octanol–water partition coefficient (Wildman–Crippen LogP) is 3.18. The summed E-state index contributed by atoms with van der Waals surface area (Å²) >= 11 is 0. The first-order chi connectivity index (χ1) is 10.3. The lowest BCUT2D eigenvalue weighted by Crippen LogP contribution is -2.22. The molecule has 2 aromatic rings. The van der Waals surface area contributed by atoms with Gasteiger partial charge in [-0.05, 0) is 17.5 Å². The van der Waals surface area contributed by atoms with Crippen LogP contribution in [0, 0.1) is 0 Å². The first-order valence-electron chi connectivity index (χ1n) is 7.50. The summed E-state index contributed by atoms with van der Waals surface area (Å²) in [6, 6.07) is 16.1. The van der Waals surface area contributed by atoms with Crippen LogP contribution in [0.1, 0.15) is 36.1 Å². The molecule has 21 heavy (non-hydrogen) atoms. The zero-order chi connectivity index (χ0) is 15.1. The van der Waals surface area contributed by atoms with E-state index in [1.807, 2.05) is 30.3 Å². The monoisotopic (exact) mass is 284 g/mol. The van der Waals surface area contributed by atoms with Crippen molar-refractivity contribution in [3.8, 4) is 5.75 Å². The van der Waals surface area contributed by atoms with Gasteiger partial charge in [0.25, 0.3) is 0 Å². The number of para-hydroxylation sites is 1. The Morgan fingerprint density at radius 1 is 1.05 bits per heavy atom. The van der Waals surface area contributed by atoms with Crippen molar-refractivity contribution in [2.45, 2.75) is 32.4 Å². The molecule has 1 atom stereocenters. The van der Waals surface area contributed by atoms with Crippen molar-refractivity contribution in [1.29, 1.82) is 0 Å². The largest absolute Gasteiger partial charge is 0.488 e. The van der Waals surface area contributed by atoms with Crippen LogP contribution in [0.25, 0.3) is 0 Å². The minimum absolute atomic E-state index is 0.187. The van der Waals surface area contributed by atoms with Crippen LogP contribution in [-0.2, 0) is 13.0 Å². The third kappa shape index (κ3) is 4.06. The Hall–Kier alpha value is -1.84. The van der Waals surface area contributed by atoms with Crippen molar-refractivity contribution >= 4 is 0 Å². The van der Waals surface area contributed by atoms with E-state index < -0.39 is 0 Å². The van der Waals surface area contributed by atoms with Crippen molar-refractivity contribution < 1.29 is 4.74 Å². The summed E-state index contributed by atoms with van der Waals surface area (Å²) in [5.74, 6) is 0.904. The molecule has 0 heterocycles. The first-order valence-corrected chi connectivity index (χ1v) is 7.50. The highest BCUT2D eigenvalue weighted by atomic mass is 16.5. The second kappa shape index (κ2) is 7.81. The maximum atomic E-state index is 6.12. The Balaban J connectivity index is 2.25. The summed E-state index contributed by atoms with van der Waals surface area (Å²) in [5, 5.41) is 0. The minimum Gasteiger partial charge on any atom is -0.488 e. The summed E-state index contributed by atoms with van der Waals surface area (Å²) in [6.07, 6.45) is 2.05. The average molecular weight is 284 g/mol. The third-order valence-electron chi connectivity index (χ3n) is 3.53. The molecular weight excluding hydrogens is 260 g/mol. The zero-order valence-corrected chi connectivity index (χ0v) is 12.6. The fourth-order valence-electron chi connectivity index (χ4n) is 2.40. The van der Waals surface area contributed by atoms with Crippen molar-refractivity contribution in [1.82, 2.24) is 0 Å². The van der Waals surface area contributed by atoms with Crippen LogP contribution in [0.15, 0.2) is 48.5 Å². The van der Waals surface area contributed by atoms with E-state index >= 15 is 0 Å². The quantitative estimate of drug-likeness (QED) is 0.821. The van der Waals surface area contributed by atoms with Gasteiger partial charge >= 0.3 is 0 Å². The molecule has 3 heteroatoms. The molecule has 0 amide bonds. The summed E-state index contributed by atoms with van der Waals surface area (Å²) < 4.78 is 6.09. The Morgan fingerprint density at radius 3 is 2.48 bits per heavy atom. The smallest absolute Gasteiger partial charge is 0.127 e. The van der Waals surface area contributed by atoms with Gasteiger partial charge in [0, 0.05) is 18.2 Å². The van der Waals surface area contributed by atoms with Crippen LogP contribution in [0.4, 0.5) is 0 Å². The molecule has 0 fully saturated rings. The molecule has 0 saturated carbocycles. The second-order valence-electron chi connectivity index (χ2n) is 5.20. The number of rotatable bonds is 7. The van der Waals surface area contributed by atoms with Gasteiger partial charge in [0.2, 0.25) is 0 Å². The zero-order valence-electron chi connectivity index (χ0n) is 12.6. The van der Waals surface area contributed by atoms with Crippen molar-refractivity contribution in [3.05, 3.63) is 65.2 Å². The Kier molecular flexibility index (Phi) is 5.78. The van der Waals surface area contributed by atoms with Gasteiger partial charge in [0.1, 0.15) is 12.4 Å². The van der Waals surface area contributed by atoms with Gasteiger partial charge in [-0.25, -0.2) is 0 Å². The molecule has 2 rings (SSSR count). The Bertz CT molecular complexity index is 554. The summed E-state index contributed by atoms with van der Waals surface area (Å²) in [5.41, 5.74) is 15.2. The van der Waals surface area contributed by atoms with E-state index in [9.17, 15) is 0 Å². The highest BCUT2D eigenvalue weighted by Crippen LogP contribution is 2.29. The van der Waals surface area contributed by atoms with Gasteiger partial charge in [-0.1, -0.05) is 61.9 Å². The Morgan fingerprint density at radius 2 is 1.81 bits per heavy atom. The normalized spacial score (nSPS) is 12.1. The van der Waals surface area contributed by atoms with Crippen LogP contribution in [0.3, 0.4) is 0 Å². The SMILES string of the molecule is CCCc1cccc(C(N)CN)c1OCc1ccccc1. The summed E-state index contributed by atoms with van der Waals surface area (Å²) in [6.45, 7) is 3.12. The van der Waals surface area contributed by atoms with E-state index in [1.165, 1.54) is 5.56 Å². The van der Waals surface area contributed by atoms with E-state index in [0.29, 0.717) is 13.2 Å². The second-order valence-corrected chi connectivity index (χ2v) is 5.20. The predicted molar refractivity (Wildman–Crippen MR) is 87.2 cm³/mol. The van der Waals surface area contributed by atoms with Crippen molar-refractivity contribution in [2.24, 2.45) is 11.5 Å². The summed E-state index contributed by atoms with van der Waals surface area (Å²) in [4.78, 5) is 0. The van der Waals surface area contributed by atoms with Gasteiger partial charge in [0.15, 0.2) is 0 Å². The standard InChI is InChI=1S/C18H24N2O/c1-2-7-15-10-6-11-16(17(20)12-19)18(15)21-13-14-8-4-3-5-9-14/h3-6,8-11,17H,2,7,12-13,19-20H2,1H3. The number of aryl methyl sites for hydroxylation is 1. The highest BCUT2D eigenvalue weighted by Gasteiger charge is 2.14. The number of hydrogen-bond acceptors (Lipinski definition) is 3. The molecule has 2 aromatic carbocycles. The lowest BCUT2D eigenvalue weighted by Gasteiger charge is -2.19. The van der Waals surface area contributed by atoms with Crippen LogP contribution >= 0.6 is 0 Å². The van der Waals surface area contributed by atoms with Crippen LogP contribution in [0.5, 0.6) is 5.75 Å². The van der Waals surface area contributed by atoms with E-state index in [4.69, 9.17) is 16.2 Å². The van der Waals surface area contributed by atoms with E-state index in [0.717, 1.165) is 29.7 Å². The van der Waals surface area contributed by atoms with Crippen LogP contribution < -0.4 is 16.2 Å². The molecule has 0 aliphatic rings. The molecule has 0 aliphatic carbocycles. The third-order valence-corrected chi connectivity index (χ3v) is 3.53. The number of ether oxygens (including phenoxy) is 1. The molecule has 4 N–H and O–H groups in total. The molecule has 0 aliphatic heterocycles.